The molecule has 2 atom stereocenters. The van der Waals surface area contributed by atoms with Gasteiger partial charge in [0.2, 0.25) is 5.91 Å². The SMILES string of the molecule is Cc1cc(OC(=O)OCC(C)C)ccc1C(N)CC(=O)N1CC(C)Cc2ccccc21. The third-order valence-corrected chi connectivity index (χ3v) is 5.42. The van der Waals surface area contributed by atoms with Crippen LogP contribution in [-0.2, 0) is 16.0 Å². The minimum atomic E-state index is -0.724. The number of rotatable bonds is 6. The van der Waals surface area contributed by atoms with E-state index < -0.39 is 12.2 Å². The van der Waals surface area contributed by atoms with Crippen LogP contribution in [-0.4, -0.2) is 25.2 Å². The quantitative estimate of drug-likeness (QED) is 0.533. The van der Waals surface area contributed by atoms with Crippen LogP contribution in [0.3, 0.4) is 0 Å². The van der Waals surface area contributed by atoms with Crippen LogP contribution in [0.4, 0.5) is 10.5 Å². The van der Waals surface area contributed by atoms with Gasteiger partial charge in [0.05, 0.1) is 6.61 Å². The third-order valence-electron chi connectivity index (χ3n) is 5.42. The van der Waals surface area contributed by atoms with Crippen LogP contribution < -0.4 is 15.4 Å². The Kier molecular flexibility index (Phi) is 7.33. The fourth-order valence-electron chi connectivity index (χ4n) is 3.93. The summed E-state index contributed by atoms with van der Waals surface area (Å²) in [5.41, 5.74) is 10.3. The van der Waals surface area contributed by atoms with Crippen LogP contribution in [0.15, 0.2) is 42.5 Å². The average Bonchev–Trinajstić information content (AvgIpc) is 2.71. The van der Waals surface area contributed by atoms with Crippen molar-refractivity contribution in [1.82, 2.24) is 0 Å². The molecule has 0 bridgehead atoms. The van der Waals surface area contributed by atoms with Gasteiger partial charge >= 0.3 is 6.16 Å². The predicted molar refractivity (Wildman–Crippen MR) is 121 cm³/mol. The number of carbonyl (C=O) groups excluding carboxylic acids is 2. The molecule has 2 aromatic carbocycles. The Labute approximate surface area is 184 Å². The molecule has 1 amide bonds. The van der Waals surface area contributed by atoms with Crippen LogP contribution in [0.5, 0.6) is 5.75 Å². The third kappa shape index (κ3) is 5.85. The average molecular weight is 425 g/mol. The number of anilines is 1. The molecule has 0 aromatic heterocycles. The van der Waals surface area contributed by atoms with Crippen molar-refractivity contribution in [3.8, 4) is 5.75 Å². The van der Waals surface area contributed by atoms with Gasteiger partial charge in [0.25, 0.3) is 0 Å². The number of carbonyl (C=O) groups is 2. The highest BCUT2D eigenvalue weighted by molar-refractivity contribution is 5.95. The Hall–Kier alpha value is -2.86. The molecule has 2 aromatic rings. The Morgan fingerprint density at radius 1 is 1.19 bits per heavy atom. The first-order valence-electron chi connectivity index (χ1n) is 10.8. The lowest BCUT2D eigenvalue weighted by atomic mass is 9.92. The number of aryl methyl sites for hydroxylation is 1. The lowest BCUT2D eigenvalue weighted by Crippen LogP contribution is -2.40. The highest BCUT2D eigenvalue weighted by Gasteiger charge is 2.27. The van der Waals surface area contributed by atoms with Gasteiger partial charge in [0.1, 0.15) is 5.75 Å². The van der Waals surface area contributed by atoms with E-state index in [2.05, 4.69) is 13.0 Å². The number of hydrogen-bond acceptors (Lipinski definition) is 5. The van der Waals surface area contributed by atoms with Gasteiger partial charge in [-0.15, -0.1) is 0 Å². The van der Waals surface area contributed by atoms with Crippen molar-refractivity contribution in [2.75, 3.05) is 18.1 Å². The molecule has 0 radical (unpaired) electrons. The van der Waals surface area contributed by atoms with E-state index in [1.54, 1.807) is 12.1 Å². The molecule has 6 heteroatoms. The van der Waals surface area contributed by atoms with Crippen molar-refractivity contribution < 1.29 is 19.1 Å². The fourth-order valence-corrected chi connectivity index (χ4v) is 3.93. The van der Waals surface area contributed by atoms with Gasteiger partial charge in [-0.05, 0) is 60.1 Å². The smallest absolute Gasteiger partial charge is 0.434 e. The summed E-state index contributed by atoms with van der Waals surface area (Å²) in [4.78, 5) is 26.7. The summed E-state index contributed by atoms with van der Waals surface area (Å²) in [6.45, 7) is 8.97. The van der Waals surface area contributed by atoms with E-state index in [1.165, 1.54) is 5.56 Å². The van der Waals surface area contributed by atoms with Crippen molar-refractivity contribution in [3.05, 3.63) is 59.2 Å². The molecule has 2 N–H and O–H groups in total. The first-order valence-corrected chi connectivity index (χ1v) is 10.8. The number of para-hydroxylation sites is 1. The second kappa shape index (κ2) is 9.96. The summed E-state index contributed by atoms with van der Waals surface area (Å²) in [7, 11) is 0. The molecule has 1 heterocycles. The Morgan fingerprint density at radius 2 is 1.94 bits per heavy atom. The molecular weight excluding hydrogens is 392 g/mol. The Morgan fingerprint density at radius 3 is 2.65 bits per heavy atom. The highest BCUT2D eigenvalue weighted by atomic mass is 16.7. The van der Waals surface area contributed by atoms with Crippen molar-refractivity contribution in [3.63, 3.8) is 0 Å². The number of benzene rings is 2. The van der Waals surface area contributed by atoms with Crippen molar-refractivity contribution in [2.24, 2.45) is 17.6 Å². The largest absolute Gasteiger partial charge is 0.513 e. The van der Waals surface area contributed by atoms with E-state index in [4.69, 9.17) is 15.2 Å². The molecule has 3 rings (SSSR count). The molecule has 1 aliphatic heterocycles. The van der Waals surface area contributed by atoms with E-state index in [9.17, 15) is 9.59 Å². The predicted octanol–water partition coefficient (Wildman–Crippen LogP) is 4.78. The van der Waals surface area contributed by atoms with E-state index in [0.717, 1.165) is 23.2 Å². The summed E-state index contributed by atoms with van der Waals surface area (Å²) in [6, 6.07) is 12.8. The van der Waals surface area contributed by atoms with Gasteiger partial charge in [-0.1, -0.05) is 45.0 Å². The van der Waals surface area contributed by atoms with E-state index in [0.29, 0.717) is 24.8 Å². The van der Waals surface area contributed by atoms with Crippen LogP contribution in [0, 0.1) is 18.8 Å². The van der Waals surface area contributed by atoms with Crippen molar-refractivity contribution in [1.29, 1.82) is 0 Å². The maximum Gasteiger partial charge on any atom is 0.513 e. The minimum absolute atomic E-state index is 0.0171. The Balaban J connectivity index is 1.66. The summed E-state index contributed by atoms with van der Waals surface area (Å²) >= 11 is 0. The first kappa shape index (κ1) is 22.8. The fraction of sp³-hybridized carbons (Fsp3) is 0.440. The molecule has 0 spiro atoms. The van der Waals surface area contributed by atoms with Crippen LogP contribution in [0.25, 0.3) is 0 Å². The molecule has 6 nitrogen and oxygen atoms in total. The standard InChI is InChI=1S/C25H32N2O4/c1-16(2)15-30-25(29)31-20-9-10-21(18(4)12-20)22(26)13-24(28)27-14-17(3)11-19-7-5-6-8-23(19)27/h5-10,12,16-17,22H,11,13-15,26H2,1-4H3. The van der Waals surface area contributed by atoms with Gasteiger partial charge in [-0.3, -0.25) is 4.79 Å². The van der Waals surface area contributed by atoms with Gasteiger partial charge in [-0.2, -0.15) is 0 Å². The normalized spacial score (nSPS) is 16.6. The number of nitrogens with zero attached hydrogens (tertiary/aromatic N) is 1. The monoisotopic (exact) mass is 424 g/mol. The summed E-state index contributed by atoms with van der Waals surface area (Å²) in [5.74, 6) is 1.06. The van der Waals surface area contributed by atoms with E-state index >= 15 is 0 Å². The lowest BCUT2D eigenvalue weighted by Gasteiger charge is -2.34. The van der Waals surface area contributed by atoms with E-state index in [1.807, 2.05) is 49.9 Å². The first-order chi connectivity index (χ1) is 14.7. The molecular formula is C25H32N2O4. The highest BCUT2D eigenvalue weighted by Crippen LogP contribution is 2.31. The molecule has 0 saturated carbocycles. The molecule has 31 heavy (non-hydrogen) atoms. The number of nitrogens with two attached hydrogens (primary N) is 1. The zero-order chi connectivity index (χ0) is 22.5. The Bertz CT molecular complexity index is 941. The summed E-state index contributed by atoms with van der Waals surface area (Å²) < 4.78 is 10.3. The van der Waals surface area contributed by atoms with Crippen molar-refractivity contribution >= 4 is 17.7 Å². The molecule has 0 aliphatic carbocycles. The summed E-state index contributed by atoms with van der Waals surface area (Å²) in [5, 5.41) is 0. The molecule has 2 unspecified atom stereocenters. The van der Waals surface area contributed by atoms with Crippen molar-refractivity contribution in [2.45, 2.75) is 46.6 Å². The molecule has 166 valence electrons. The number of fused-ring (bicyclic) bond motifs is 1. The van der Waals surface area contributed by atoms with Crippen LogP contribution >= 0.6 is 0 Å². The number of ether oxygens (including phenoxy) is 2. The minimum Gasteiger partial charge on any atom is -0.434 e. The van der Waals surface area contributed by atoms with Gasteiger partial charge in [0.15, 0.2) is 0 Å². The zero-order valence-corrected chi connectivity index (χ0v) is 18.8. The second-order valence-electron chi connectivity index (χ2n) is 8.83. The maximum atomic E-state index is 13.1. The maximum absolute atomic E-state index is 13.1. The van der Waals surface area contributed by atoms with Crippen LogP contribution in [0.1, 0.15) is 49.9 Å². The molecule has 1 aliphatic rings. The topological polar surface area (TPSA) is 81.9 Å². The lowest BCUT2D eigenvalue weighted by molar-refractivity contribution is -0.119. The second-order valence-corrected chi connectivity index (χ2v) is 8.83. The molecule has 0 saturated heterocycles. The molecule has 0 fully saturated rings. The number of hydrogen-bond donors (Lipinski definition) is 1. The summed E-state index contributed by atoms with van der Waals surface area (Å²) in [6.07, 6.45) is 0.461. The zero-order valence-electron chi connectivity index (χ0n) is 18.8. The number of amides is 1. The van der Waals surface area contributed by atoms with Crippen LogP contribution in [0.2, 0.25) is 0 Å². The van der Waals surface area contributed by atoms with Gasteiger partial charge in [-0.25, -0.2) is 4.79 Å². The van der Waals surface area contributed by atoms with E-state index in [-0.39, 0.29) is 18.2 Å². The van der Waals surface area contributed by atoms with Gasteiger partial charge < -0.3 is 20.1 Å². The van der Waals surface area contributed by atoms with Gasteiger partial charge in [0, 0.05) is 24.7 Å².